The summed E-state index contributed by atoms with van der Waals surface area (Å²) in [4.78, 5) is 0. The zero-order valence-electron chi connectivity index (χ0n) is 10.3. The first kappa shape index (κ1) is 11.4. The quantitative estimate of drug-likeness (QED) is 0.749. The molecule has 1 heteroatoms. The molecule has 1 N–H and O–H groups in total. The van der Waals surface area contributed by atoms with Crippen molar-refractivity contribution in [2.45, 2.75) is 58.3 Å². The summed E-state index contributed by atoms with van der Waals surface area (Å²) in [6.45, 7) is 4.89. The van der Waals surface area contributed by atoms with Crippen LogP contribution < -0.4 is 5.32 Å². The molecule has 0 atom stereocenters. The van der Waals surface area contributed by atoms with Gasteiger partial charge in [0.25, 0.3) is 0 Å². The predicted octanol–water partition coefficient (Wildman–Crippen LogP) is 3.59. The highest BCUT2D eigenvalue weighted by molar-refractivity contribution is 4.80. The Labute approximate surface area is 95.0 Å². The normalized spacial score (nSPS) is 34.2. The maximum atomic E-state index is 3.48. The van der Waals surface area contributed by atoms with Crippen LogP contribution in [0.5, 0.6) is 0 Å². The van der Waals surface area contributed by atoms with E-state index >= 15 is 0 Å². The Morgan fingerprint density at radius 3 is 2.07 bits per heavy atom. The van der Waals surface area contributed by atoms with Crippen molar-refractivity contribution in [1.29, 1.82) is 0 Å². The molecule has 1 saturated carbocycles. The lowest BCUT2D eigenvalue weighted by molar-refractivity contribution is 0.169. The summed E-state index contributed by atoms with van der Waals surface area (Å²) in [5.41, 5.74) is 0. The molecule has 0 radical (unpaired) electrons. The van der Waals surface area contributed by atoms with Crippen molar-refractivity contribution in [3.05, 3.63) is 0 Å². The number of hydrogen-bond acceptors (Lipinski definition) is 1. The number of rotatable bonds is 3. The van der Waals surface area contributed by atoms with Crippen LogP contribution in [0.25, 0.3) is 0 Å². The van der Waals surface area contributed by atoms with Gasteiger partial charge < -0.3 is 5.32 Å². The minimum atomic E-state index is 1.06. The van der Waals surface area contributed by atoms with Crippen LogP contribution in [0.1, 0.15) is 58.3 Å². The van der Waals surface area contributed by atoms with E-state index < -0.39 is 0 Å². The lowest BCUT2D eigenvalue weighted by Gasteiger charge is -2.36. The van der Waals surface area contributed by atoms with E-state index in [4.69, 9.17) is 0 Å². The third-order valence-corrected chi connectivity index (χ3v) is 4.64. The third-order valence-electron chi connectivity index (χ3n) is 4.64. The summed E-state index contributed by atoms with van der Waals surface area (Å²) in [5, 5.41) is 3.48. The van der Waals surface area contributed by atoms with E-state index in [1.807, 2.05) is 0 Å². The van der Waals surface area contributed by atoms with Gasteiger partial charge in [-0.25, -0.2) is 0 Å². The van der Waals surface area contributed by atoms with Crippen molar-refractivity contribution in [2.24, 2.45) is 17.8 Å². The molecular weight excluding hydrogens is 182 g/mol. The Bertz CT molecular complexity index is 164. The molecule has 0 spiro atoms. The first-order valence-electron chi connectivity index (χ1n) is 7.11. The van der Waals surface area contributed by atoms with E-state index in [0.717, 1.165) is 17.8 Å². The minimum Gasteiger partial charge on any atom is -0.317 e. The zero-order valence-corrected chi connectivity index (χ0v) is 10.3. The fraction of sp³-hybridized carbons (Fsp3) is 1.00. The molecule has 0 aromatic carbocycles. The lowest BCUT2D eigenvalue weighted by Crippen LogP contribution is -2.33. The SMILES string of the molecule is CCCC1CCC(C2CCNCC2)CC1. The van der Waals surface area contributed by atoms with Gasteiger partial charge in [0.05, 0.1) is 0 Å². The molecule has 0 bridgehead atoms. The van der Waals surface area contributed by atoms with Crippen LogP contribution >= 0.6 is 0 Å². The second kappa shape index (κ2) is 5.89. The van der Waals surface area contributed by atoms with Gasteiger partial charge in [-0.05, 0) is 56.5 Å². The lowest BCUT2D eigenvalue weighted by atomic mass is 9.72. The van der Waals surface area contributed by atoms with Crippen molar-refractivity contribution in [3.63, 3.8) is 0 Å². The number of nitrogens with one attached hydrogen (secondary N) is 1. The largest absolute Gasteiger partial charge is 0.317 e. The van der Waals surface area contributed by atoms with E-state index in [9.17, 15) is 0 Å². The van der Waals surface area contributed by atoms with Crippen LogP contribution in [-0.2, 0) is 0 Å². The molecular formula is C14H27N. The van der Waals surface area contributed by atoms with Gasteiger partial charge in [-0.3, -0.25) is 0 Å². The van der Waals surface area contributed by atoms with Gasteiger partial charge in [0, 0.05) is 0 Å². The highest BCUT2D eigenvalue weighted by atomic mass is 14.9. The Hall–Kier alpha value is -0.0400. The van der Waals surface area contributed by atoms with Crippen LogP contribution in [0.3, 0.4) is 0 Å². The molecule has 2 fully saturated rings. The standard InChI is InChI=1S/C14H27N/c1-2-3-12-4-6-13(7-5-12)14-8-10-15-11-9-14/h12-15H,2-11H2,1H3. The van der Waals surface area contributed by atoms with E-state index in [0.29, 0.717) is 0 Å². The molecule has 0 unspecified atom stereocenters. The van der Waals surface area contributed by atoms with E-state index in [-0.39, 0.29) is 0 Å². The third kappa shape index (κ3) is 3.21. The smallest absolute Gasteiger partial charge is 0.00462 e. The Morgan fingerprint density at radius 2 is 1.47 bits per heavy atom. The molecule has 2 rings (SSSR count). The molecule has 1 aliphatic heterocycles. The second-order valence-electron chi connectivity index (χ2n) is 5.66. The number of piperidine rings is 1. The molecule has 1 nitrogen and oxygen atoms in total. The fourth-order valence-electron chi connectivity index (χ4n) is 3.67. The van der Waals surface area contributed by atoms with Gasteiger partial charge in [-0.2, -0.15) is 0 Å². The van der Waals surface area contributed by atoms with Crippen molar-refractivity contribution >= 4 is 0 Å². The maximum absolute atomic E-state index is 3.48. The summed E-state index contributed by atoms with van der Waals surface area (Å²) in [6.07, 6.45) is 11.9. The van der Waals surface area contributed by atoms with Crippen molar-refractivity contribution in [3.8, 4) is 0 Å². The first-order chi connectivity index (χ1) is 7.40. The average molecular weight is 209 g/mol. The molecule has 0 amide bonds. The molecule has 1 heterocycles. The van der Waals surface area contributed by atoms with Gasteiger partial charge in [0.15, 0.2) is 0 Å². The topological polar surface area (TPSA) is 12.0 Å². The summed E-state index contributed by atoms with van der Waals surface area (Å²) in [6, 6.07) is 0. The van der Waals surface area contributed by atoms with E-state index in [2.05, 4.69) is 12.2 Å². The van der Waals surface area contributed by atoms with Crippen LogP contribution in [0.15, 0.2) is 0 Å². The minimum absolute atomic E-state index is 1.06. The van der Waals surface area contributed by atoms with Gasteiger partial charge in [-0.1, -0.05) is 32.6 Å². The van der Waals surface area contributed by atoms with Gasteiger partial charge in [0.2, 0.25) is 0 Å². The summed E-state index contributed by atoms with van der Waals surface area (Å²) < 4.78 is 0. The molecule has 1 aliphatic carbocycles. The second-order valence-corrected chi connectivity index (χ2v) is 5.66. The molecule has 0 aromatic rings. The monoisotopic (exact) mass is 209 g/mol. The van der Waals surface area contributed by atoms with Crippen LogP contribution in [0.4, 0.5) is 0 Å². The maximum Gasteiger partial charge on any atom is -0.00462 e. The van der Waals surface area contributed by atoms with Crippen LogP contribution in [-0.4, -0.2) is 13.1 Å². The first-order valence-corrected chi connectivity index (χ1v) is 7.11. The molecule has 88 valence electrons. The van der Waals surface area contributed by atoms with Gasteiger partial charge in [-0.15, -0.1) is 0 Å². The Morgan fingerprint density at radius 1 is 0.867 bits per heavy atom. The molecule has 15 heavy (non-hydrogen) atoms. The highest BCUT2D eigenvalue weighted by Gasteiger charge is 2.27. The average Bonchev–Trinajstić information content (AvgIpc) is 2.32. The van der Waals surface area contributed by atoms with E-state index in [1.54, 1.807) is 0 Å². The van der Waals surface area contributed by atoms with Crippen molar-refractivity contribution in [2.75, 3.05) is 13.1 Å². The Balaban J connectivity index is 1.72. The molecule has 0 aromatic heterocycles. The zero-order chi connectivity index (χ0) is 10.5. The summed E-state index contributed by atoms with van der Waals surface area (Å²) in [7, 11) is 0. The highest BCUT2D eigenvalue weighted by Crippen LogP contribution is 2.38. The van der Waals surface area contributed by atoms with Gasteiger partial charge in [0.1, 0.15) is 0 Å². The predicted molar refractivity (Wildman–Crippen MR) is 65.9 cm³/mol. The van der Waals surface area contributed by atoms with Gasteiger partial charge >= 0.3 is 0 Å². The summed E-state index contributed by atoms with van der Waals surface area (Å²) in [5.74, 6) is 3.22. The number of hydrogen-bond donors (Lipinski definition) is 1. The van der Waals surface area contributed by atoms with Crippen LogP contribution in [0, 0.1) is 17.8 Å². The van der Waals surface area contributed by atoms with E-state index in [1.165, 1.54) is 64.5 Å². The van der Waals surface area contributed by atoms with Crippen molar-refractivity contribution in [1.82, 2.24) is 5.32 Å². The van der Waals surface area contributed by atoms with Crippen molar-refractivity contribution < 1.29 is 0 Å². The van der Waals surface area contributed by atoms with Crippen LogP contribution in [0.2, 0.25) is 0 Å². The Kier molecular flexibility index (Phi) is 4.49. The summed E-state index contributed by atoms with van der Waals surface area (Å²) >= 11 is 0. The fourth-order valence-corrected chi connectivity index (χ4v) is 3.67. The molecule has 1 saturated heterocycles. The molecule has 2 aliphatic rings.